The van der Waals surface area contributed by atoms with Crippen LogP contribution in [0.3, 0.4) is 0 Å². The molecular formula is C11H23Cl. The molecule has 0 rings (SSSR count). The van der Waals surface area contributed by atoms with Gasteiger partial charge in [-0.2, -0.15) is 0 Å². The molecule has 0 aromatic rings. The Morgan fingerprint density at radius 3 is 1.75 bits per heavy atom. The van der Waals surface area contributed by atoms with Crippen LogP contribution in [0.4, 0.5) is 0 Å². The first-order chi connectivity index (χ1) is 5.28. The maximum Gasteiger partial charge on any atom is 0.0467 e. The van der Waals surface area contributed by atoms with Gasteiger partial charge in [0.05, 0.1) is 0 Å². The van der Waals surface area contributed by atoms with Crippen LogP contribution in [0.2, 0.25) is 0 Å². The maximum absolute atomic E-state index is 6.47. The first-order valence-corrected chi connectivity index (χ1v) is 5.35. The highest BCUT2D eigenvalue weighted by Crippen LogP contribution is 2.36. The molecule has 0 aromatic heterocycles. The van der Waals surface area contributed by atoms with Gasteiger partial charge >= 0.3 is 0 Å². The molecule has 2 unspecified atom stereocenters. The third-order valence-electron chi connectivity index (χ3n) is 2.92. The van der Waals surface area contributed by atoms with Crippen molar-refractivity contribution in [3.05, 3.63) is 0 Å². The van der Waals surface area contributed by atoms with E-state index < -0.39 is 0 Å². The van der Waals surface area contributed by atoms with Crippen molar-refractivity contribution in [1.82, 2.24) is 0 Å². The highest BCUT2D eigenvalue weighted by Gasteiger charge is 2.31. The zero-order valence-corrected chi connectivity index (χ0v) is 10.1. The van der Waals surface area contributed by atoms with Gasteiger partial charge < -0.3 is 0 Å². The van der Waals surface area contributed by atoms with Gasteiger partial charge in [-0.1, -0.05) is 34.6 Å². The van der Waals surface area contributed by atoms with Crippen LogP contribution >= 0.6 is 11.6 Å². The molecule has 0 aliphatic carbocycles. The molecule has 0 spiro atoms. The summed E-state index contributed by atoms with van der Waals surface area (Å²) in [6, 6.07) is 0. The molecule has 0 amide bonds. The zero-order chi connectivity index (χ0) is 9.94. The number of alkyl halides is 1. The Balaban J connectivity index is 4.15. The first-order valence-electron chi connectivity index (χ1n) is 4.97. The van der Waals surface area contributed by atoms with Crippen LogP contribution in [0.15, 0.2) is 0 Å². The molecule has 0 radical (unpaired) electrons. The van der Waals surface area contributed by atoms with Crippen LogP contribution < -0.4 is 0 Å². The fourth-order valence-electron chi connectivity index (χ4n) is 1.51. The van der Waals surface area contributed by atoms with Gasteiger partial charge in [0, 0.05) is 4.87 Å². The predicted molar refractivity (Wildman–Crippen MR) is 57.7 cm³/mol. The topological polar surface area (TPSA) is 0 Å². The highest BCUT2D eigenvalue weighted by molar-refractivity contribution is 6.24. The van der Waals surface area contributed by atoms with Crippen LogP contribution in [-0.2, 0) is 0 Å². The lowest BCUT2D eigenvalue weighted by molar-refractivity contribution is 0.287. The minimum atomic E-state index is -0.0374. The molecular weight excluding hydrogens is 168 g/mol. The molecule has 0 N–H and O–H groups in total. The summed E-state index contributed by atoms with van der Waals surface area (Å²) >= 11 is 6.47. The van der Waals surface area contributed by atoms with Crippen molar-refractivity contribution in [1.29, 1.82) is 0 Å². The Bertz CT molecular complexity index is 125. The molecule has 1 heteroatoms. The summed E-state index contributed by atoms with van der Waals surface area (Å²) in [5.41, 5.74) is 0. The third kappa shape index (κ3) is 3.35. The Morgan fingerprint density at radius 1 is 1.08 bits per heavy atom. The Hall–Kier alpha value is 0.290. The van der Waals surface area contributed by atoms with Crippen LogP contribution in [0.25, 0.3) is 0 Å². The number of rotatable bonds is 4. The van der Waals surface area contributed by atoms with E-state index in [4.69, 9.17) is 11.6 Å². The van der Waals surface area contributed by atoms with Crippen molar-refractivity contribution in [2.24, 2.45) is 17.8 Å². The van der Waals surface area contributed by atoms with E-state index in [1.807, 2.05) is 0 Å². The fraction of sp³-hybridized carbons (Fsp3) is 1.00. The second-order valence-electron chi connectivity index (χ2n) is 4.84. The van der Waals surface area contributed by atoms with Gasteiger partial charge in [0.15, 0.2) is 0 Å². The van der Waals surface area contributed by atoms with Crippen LogP contribution in [-0.4, -0.2) is 4.87 Å². The normalized spacial score (nSPS) is 19.8. The molecule has 0 aliphatic rings. The van der Waals surface area contributed by atoms with E-state index >= 15 is 0 Å². The SMILES string of the molecule is CC(C)CC(C)C(C)(Cl)C(C)C. The van der Waals surface area contributed by atoms with Crippen molar-refractivity contribution in [2.45, 2.75) is 52.8 Å². The van der Waals surface area contributed by atoms with Gasteiger partial charge in [0.2, 0.25) is 0 Å². The lowest BCUT2D eigenvalue weighted by Gasteiger charge is -2.34. The minimum absolute atomic E-state index is 0.0374. The monoisotopic (exact) mass is 190 g/mol. The molecule has 0 fully saturated rings. The Labute approximate surface area is 82.7 Å². The number of halogens is 1. The van der Waals surface area contributed by atoms with Crippen LogP contribution in [0.5, 0.6) is 0 Å². The maximum atomic E-state index is 6.47. The van der Waals surface area contributed by atoms with Crippen molar-refractivity contribution in [3.8, 4) is 0 Å². The molecule has 74 valence electrons. The van der Waals surface area contributed by atoms with Crippen LogP contribution in [0.1, 0.15) is 48.0 Å². The van der Waals surface area contributed by atoms with Crippen molar-refractivity contribution in [3.63, 3.8) is 0 Å². The molecule has 0 saturated carbocycles. The Kier molecular flexibility index (Phi) is 4.61. The molecule has 2 atom stereocenters. The third-order valence-corrected chi connectivity index (χ3v) is 3.73. The summed E-state index contributed by atoms with van der Waals surface area (Å²) in [7, 11) is 0. The van der Waals surface area contributed by atoms with E-state index in [-0.39, 0.29) is 4.87 Å². The van der Waals surface area contributed by atoms with E-state index in [2.05, 4.69) is 41.5 Å². The molecule has 0 aliphatic heterocycles. The average Bonchev–Trinajstić information content (AvgIpc) is 1.85. The van der Waals surface area contributed by atoms with Gasteiger partial charge in [-0.15, -0.1) is 11.6 Å². The summed E-state index contributed by atoms with van der Waals surface area (Å²) in [6.07, 6.45) is 1.22. The van der Waals surface area contributed by atoms with Gasteiger partial charge in [-0.05, 0) is 31.1 Å². The molecule has 0 saturated heterocycles. The first kappa shape index (κ1) is 12.3. The molecule has 12 heavy (non-hydrogen) atoms. The summed E-state index contributed by atoms with van der Waals surface area (Å²) in [5.74, 6) is 1.89. The summed E-state index contributed by atoms with van der Waals surface area (Å²) < 4.78 is 0. The average molecular weight is 191 g/mol. The van der Waals surface area contributed by atoms with Gasteiger partial charge in [0.1, 0.15) is 0 Å². The largest absolute Gasteiger partial charge is 0.119 e. The summed E-state index contributed by atoms with van der Waals surface area (Å²) in [5, 5.41) is 0. The van der Waals surface area contributed by atoms with Crippen molar-refractivity contribution in [2.75, 3.05) is 0 Å². The van der Waals surface area contributed by atoms with E-state index in [1.54, 1.807) is 0 Å². The summed E-state index contributed by atoms with van der Waals surface area (Å²) in [4.78, 5) is -0.0374. The lowest BCUT2D eigenvalue weighted by atomic mass is 9.81. The zero-order valence-electron chi connectivity index (χ0n) is 9.32. The number of hydrogen-bond donors (Lipinski definition) is 0. The molecule has 0 aromatic carbocycles. The van der Waals surface area contributed by atoms with E-state index in [1.165, 1.54) is 6.42 Å². The highest BCUT2D eigenvalue weighted by atomic mass is 35.5. The predicted octanol–water partition coefficient (Wildman–Crippen LogP) is 4.32. The lowest BCUT2D eigenvalue weighted by Crippen LogP contribution is -2.33. The smallest absolute Gasteiger partial charge is 0.0467 e. The van der Waals surface area contributed by atoms with Gasteiger partial charge in [0.25, 0.3) is 0 Å². The molecule has 0 nitrogen and oxygen atoms in total. The van der Waals surface area contributed by atoms with Gasteiger partial charge in [-0.25, -0.2) is 0 Å². The molecule has 0 heterocycles. The second-order valence-corrected chi connectivity index (χ2v) is 5.65. The second kappa shape index (κ2) is 4.50. The van der Waals surface area contributed by atoms with Gasteiger partial charge in [-0.3, -0.25) is 0 Å². The van der Waals surface area contributed by atoms with E-state index in [9.17, 15) is 0 Å². The fourth-order valence-corrected chi connectivity index (χ4v) is 1.60. The number of hydrogen-bond acceptors (Lipinski definition) is 0. The quantitative estimate of drug-likeness (QED) is 0.580. The standard InChI is InChI=1S/C11H23Cl/c1-8(2)7-10(5)11(6,12)9(3)4/h8-10H,7H2,1-6H3. The van der Waals surface area contributed by atoms with E-state index in [0.717, 1.165) is 5.92 Å². The minimum Gasteiger partial charge on any atom is -0.119 e. The van der Waals surface area contributed by atoms with E-state index in [0.29, 0.717) is 11.8 Å². The summed E-state index contributed by atoms with van der Waals surface area (Å²) in [6.45, 7) is 13.3. The van der Waals surface area contributed by atoms with Crippen LogP contribution in [0, 0.1) is 17.8 Å². The molecule has 0 bridgehead atoms. The van der Waals surface area contributed by atoms with Crippen molar-refractivity contribution >= 4 is 11.6 Å². The van der Waals surface area contributed by atoms with Crippen molar-refractivity contribution < 1.29 is 0 Å². The Morgan fingerprint density at radius 2 is 1.50 bits per heavy atom.